The molecule has 1 N–H and O–H groups in total. The van der Waals surface area contributed by atoms with E-state index in [4.69, 9.17) is 16.7 Å². The molecule has 0 spiro atoms. The van der Waals surface area contributed by atoms with Crippen molar-refractivity contribution < 1.29 is 9.50 Å². The smallest absolute Gasteiger partial charge is 0.142 e. The molecule has 14 heavy (non-hydrogen) atoms. The third-order valence-electron chi connectivity index (χ3n) is 2.91. The van der Waals surface area contributed by atoms with E-state index in [9.17, 15) is 4.39 Å². The quantitative estimate of drug-likeness (QED) is 0.803. The molecule has 0 aromatic heterocycles. The first-order chi connectivity index (χ1) is 6.70. The first-order valence-corrected chi connectivity index (χ1v) is 5.14. The van der Waals surface area contributed by atoms with E-state index in [1.54, 1.807) is 6.07 Å². The minimum absolute atomic E-state index is 0.173. The lowest BCUT2D eigenvalue weighted by atomic mass is 9.72. The number of aliphatic hydroxyl groups excluding tert-OH is 1. The Morgan fingerprint density at radius 2 is 2.14 bits per heavy atom. The lowest BCUT2D eigenvalue weighted by Gasteiger charge is -2.34. The number of hydrogen-bond acceptors (Lipinski definition) is 1. The second kappa shape index (κ2) is 3.87. The zero-order chi connectivity index (χ0) is 10.1. The van der Waals surface area contributed by atoms with Crippen LogP contribution in [-0.2, 0) is 0 Å². The van der Waals surface area contributed by atoms with Crippen LogP contribution < -0.4 is 0 Å². The summed E-state index contributed by atoms with van der Waals surface area (Å²) in [5, 5.41) is 9.03. The summed E-state index contributed by atoms with van der Waals surface area (Å²) in [6, 6.07) is 4.96. The number of hydrogen-bond donors (Lipinski definition) is 1. The Hall–Kier alpha value is -0.600. The van der Waals surface area contributed by atoms with Gasteiger partial charge in [0, 0.05) is 6.61 Å². The molecule has 0 saturated heterocycles. The Kier molecular flexibility index (Phi) is 2.75. The molecule has 0 atom stereocenters. The van der Waals surface area contributed by atoms with Gasteiger partial charge in [-0.2, -0.15) is 0 Å². The van der Waals surface area contributed by atoms with E-state index >= 15 is 0 Å². The molecule has 1 fully saturated rings. The Balaban J connectivity index is 2.08. The maximum absolute atomic E-state index is 13.1. The highest BCUT2D eigenvalue weighted by Gasteiger charge is 2.29. The average Bonchev–Trinajstić information content (AvgIpc) is 2.09. The van der Waals surface area contributed by atoms with Crippen LogP contribution in [0.2, 0.25) is 5.02 Å². The monoisotopic (exact) mass is 214 g/mol. The van der Waals surface area contributed by atoms with E-state index in [-0.39, 0.29) is 17.4 Å². The largest absolute Gasteiger partial charge is 0.396 e. The molecule has 0 amide bonds. The average molecular weight is 215 g/mol. The SMILES string of the molecule is OC[C@H]1C[C@@H](c2ccc(Cl)c(F)c2)C1. The minimum Gasteiger partial charge on any atom is -0.396 e. The fourth-order valence-corrected chi connectivity index (χ4v) is 2.04. The lowest BCUT2D eigenvalue weighted by molar-refractivity contribution is 0.142. The van der Waals surface area contributed by atoms with Crippen LogP contribution in [0, 0.1) is 11.7 Å². The molecule has 2 rings (SSSR count). The van der Waals surface area contributed by atoms with Gasteiger partial charge in [0.1, 0.15) is 5.82 Å². The van der Waals surface area contributed by atoms with E-state index in [1.165, 1.54) is 6.07 Å². The van der Waals surface area contributed by atoms with Crippen molar-refractivity contribution in [2.24, 2.45) is 5.92 Å². The Morgan fingerprint density at radius 3 is 2.71 bits per heavy atom. The van der Waals surface area contributed by atoms with E-state index in [0.29, 0.717) is 11.8 Å². The molecule has 0 radical (unpaired) electrons. The summed E-state index contributed by atoms with van der Waals surface area (Å²) in [4.78, 5) is 0. The zero-order valence-corrected chi connectivity index (χ0v) is 8.47. The molecule has 1 saturated carbocycles. The van der Waals surface area contributed by atoms with Crippen LogP contribution in [0.15, 0.2) is 18.2 Å². The van der Waals surface area contributed by atoms with E-state index < -0.39 is 0 Å². The van der Waals surface area contributed by atoms with Crippen molar-refractivity contribution in [3.05, 3.63) is 34.6 Å². The van der Waals surface area contributed by atoms with Gasteiger partial charge in [-0.3, -0.25) is 0 Å². The Labute approximate surface area is 87.5 Å². The number of aliphatic hydroxyl groups is 1. The van der Waals surface area contributed by atoms with Crippen molar-refractivity contribution in [1.29, 1.82) is 0 Å². The third kappa shape index (κ3) is 1.77. The third-order valence-corrected chi connectivity index (χ3v) is 3.22. The summed E-state index contributed by atoms with van der Waals surface area (Å²) < 4.78 is 13.1. The highest BCUT2D eigenvalue weighted by Crippen LogP contribution is 2.41. The van der Waals surface area contributed by atoms with Gasteiger partial charge in [0.05, 0.1) is 5.02 Å². The van der Waals surface area contributed by atoms with Crippen LogP contribution in [0.5, 0.6) is 0 Å². The maximum Gasteiger partial charge on any atom is 0.142 e. The molecular weight excluding hydrogens is 203 g/mol. The van der Waals surface area contributed by atoms with Gasteiger partial charge in [-0.25, -0.2) is 4.39 Å². The van der Waals surface area contributed by atoms with Gasteiger partial charge in [-0.15, -0.1) is 0 Å². The van der Waals surface area contributed by atoms with Crippen molar-refractivity contribution >= 4 is 11.6 Å². The highest BCUT2D eigenvalue weighted by atomic mass is 35.5. The summed E-state index contributed by atoms with van der Waals surface area (Å²) in [7, 11) is 0. The first kappa shape index (κ1) is 9.94. The van der Waals surface area contributed by atoms with Gasteiger partial charge in [0.25, 0.3) is 0 Å². The molecule has 0 bridgehead atoms. The second-order valence-electron chi connectivity index (χ2n) is 3.89. The topological polar surface area (TPSA) is 20.2 Å². The van der Waals surface area contributed by atoms with Crippen molar-refractivity contribution in [2.75, 3.05) is 6.61 Å². The van der Waals surface area contributed by atoms with Crippen LogP contribution in [0.1, 0.15) is 24.3 Å². The van der Waals surface area contributed by atoms with Crippen molar-refractivity contribution in [1.82, 2.24) is 0 Å². The molecule has 0 unspecified atom stereocenters. The molecule has 0 heterocycles. The predicted molar refractivity (Wildman–Crippen MR) is 54.0 cm³/mol. The molecule has 0 aliphatic heterocycles. The van der Waals surface area contributed by atoms with Crippen LogP contribution in [0.3, 0.4) is 0 Å². The molecular formula is C11H12ClFO. The fraction of sp³-hybridized carbons (Fsp3) is 0.455. The highest BCUT2D eigenvalue weighted by molar-refractivity contribution is 6.30. The molecule has 1 aromatic rings. The molecule has 1 nitrogen and oxygen atoms in total. The van der Waals surface area contributed by atoms with Crippen molar-refractivity contribution in [2.45, 2.75) is 18.8 Å². The Morgan fingerprint density at radius 1 is 1.43 bits per heavy atom. The normalized spacial score (nSPS) is 25.9. The van der Waals surface area contributed by atoms with Gasteiger partial charge in [0.15, 0.2) is 0 Å². The summed E-state index contributed by atoms with van der Waals surface area (Å²) >= 11 is 5.59. The van der Waals surface area contributed by atoms with Crippen LogP contribution in [0.25, 0.3) is 0 Å². The van der Waals surface area contributed by atoms with E-state index in [2.05, 4.69) is 0 Å². The summed E-state index contributed by atoms with van der Waals surface area (Å²) in [6.45, 7) is 0.243. The fourth-order valence-electron chi connectivity index (χ4n) is 1.92. The molecule has 1 aromatic carbocycles. The van der Waals surface area contributed by atoms with Gasteiger partial charge >= 0.3 is 0 Å². The number of halogens is 2. The standard InChI is InChI=1S/C11H12ClFO/c12-10-2-1-8(5-11(10)13)9-3-7(4-9)6-14/h1-2,5,7,9,14H,3-4,6H2/t7-,9+. The zero-order valence-electron chi connectivity index (χ0n) is 7.71. The lowest BCUT2D eigenvalue weighted by Crippen LogP contribution is -2.24. The summed E-state index contributed by atoms with van der Waals surface area (Å²) in [5.41, 5.74) is 0.997. The van der Waals surface area contributed by atoms with Gasteiger partial charge in [-0.1, -0.05) is 17.7 Å². The van der Waals surface area contributed by atoms with Gasteiger partial charge in [-0.05, 0) is 42.4 Å². The Bertz CT molecular complexity index is 334. The minimum atomic E-state index is -0.350. The van der Waals surface area contributed by atoms with Crippen molar-refractivity contribution in [3.63, 3.8) is 0 Å². The number of rotatable bonds is 2. The molecule has 1 aliphatic carbocycles. The first-order valence-electron chi connectivity index (χ1n) is 4.76. The van der Waals surface area contributed by atoms with Crippen LogP contribution >= 0.6 is 11.6 Å². The van der Waals surface area contributed by atoms with Crippen LogP contribution in [-0.4, -0.2) is 11.7 Å². The predicted octanol–water partition coefficient (Wildman–Crippen LogP) is 2.97. The number of benzene rings is 1. The van der Waals surface area contributed by atoms with Crippen molar-refractivity contribution in [3.8, 4) is 0 Å². The van der Waals surface area contributed by atoms with E-state index in [0.717, 1.165) is 18.4 Å². The molecule has 1 aliphatic rings. The van der Waals surface area contributed by atoms with Gasteiger partial charge < -0.3 is 5.11 Å². The summed E-state index contributed by atoms with van der Waals surface area (Å²) in [5.74, 6) is 0.453. The summed E-state index contributed by atoms with van der Waals surface area (Å²) in [6.07, 6.45) is 1.91. The molecule has 3 heteroatoms. The second-order valence-corrected chi connectivity index (χ2v) is 4.30. The molecule has 76 valence electrons. The van der Waals surface area contributed by atoms with Gasteiger partial charge in [0.2, 0.25) is 0 Å². The van der Waals surface area contributed by atoms with Crippen LogP contribution in [0.4, 0.5) is 4.39 Å². The maximum atomic E-state index is 13.1. The van der Waals surface area contributed by atoms with E-state index in [1.807, 2.05) is 6.07 Å².